The minimum Gasteiger partial charge on any atom is -0.330 e. The lowest BCUT2D eigenvalue weighted by Gasteiger charge is -2.15. The fourth-order valence-corrected chi connectivity index (χ4v) is 1.53. The Morgan fingerprint density at radius 2 is 2.08 bits per heavy atom. The van der Waals surface area contributed by atoms with E-state index in [-0.39, 0.29) is 6.03 Å². The molecule has 2 N–H and O–H groups in total. The molecule has 13 heavy (non-hydrogen) atoms. The average molecular weight is 185 g/mol. The first-order valence-electron chi connectivity index (χ1n) is 4.96. The van der Waals surface area contributed by atoms with Gasteiger partial charge in [0.1, 0.15) is 0 Å². The molecule has 1 fully saturated rings. The van der Waals surface area contributed by atoms with Crippen molar-refractivity contribution in [1.82, 2.24) is 9.80 Å². The highest BCUT2D eigenvalue weighted by atomic mass is 16.2. The summed E-state index contributed by atoms with van der Waals surface area (Å²) < 4.78 is 0. The number of carbonyl (C=O) groups excluding carboxylic acids is 1. The highest BCUT2D eigenvalue weighted by Crippen LogP contribution is 2.07. The van der Waals surface area contributed by atoms with Crippen LogP contribution in [-0.2, 0) is 0 Å². The predicted molar refractivity (Wildman–Crippen MR) is 52.5 cm³/mol. The number of amides is 2. The summed E-state index contributed by atoms with van der Waals surface area (Å²) in [5.41, 5.74) is 5.38. The van der Waals surface area contributed by atoms with Crippen LogP contribution in [0.15, 0.2) is 0 Å². The van der Waals surface area contributed by atoms with Crippen LogP contribution < -0.4 is 5.73 Å². The molecule has 0 aromatic rings. The van der Waals surface area contributed by atoms with Gasteiger partial charge in [-0.05, 0) is 19.4 Å². The van der Waals surface area contributed by atoms with Crippen molar-refractivity contribution in [3.63, 3.8) is 0 Å². The molecule has 0 spiro atoms. The highest BCUT2D eigenvalue weighted by molar-refractivity contribution is 5.76. The van der Waals surface area contributed by atoms with Gasteiger partial charge in [-0.15, -0.1) is 0 Å². The fraction of sp³-hybridized carbons (Fsp3) is 0.889. The standard InChI is InChI=1S/C9H19N3O/c1-11-7-8-12(9(11)13)6-4-2-3-5-10/h2-8,10H2,1H3. The monoisotopic (exact) mass is 185 g/mol. The second-order valence-electron chi connectivity index (χ2n) is 3.54. The van der Waals surface area contributed by atoms with E-state index >= 15 is 0 Å². The third-order valence-corrected chi connectivity index (χ3v) is 2.43. The lowest BCUT2D eigenvalue weighted by atomic mass is 10.2. The van der Waals surface area contributed by atoms with Gasteiger partial charge in [0.05, 0.1) is 0 Å². The summed E-state index contributed by atoms with van der Waals surface area (Å²) in [5.74, 6) is 0. The predicted octanol–water partition coefficient (Wildman–Crippen LogP) is 0.483. The number of rotatable bonds is 5. The number of carbonyl (C=O) groups is 1. The van der Waals surface area contributed by atoms with Gasteiger partial charge < -0.3 is 15.5 Å². The van der Waals surface area contributed by atoms with Crippen LogP contribution in [0.1, 0.15) is 19.3 Å². The number of unbranched alkanes of at least 4 members (excludes halogenated alkanes) is 2. The van der Waals surface area contributed by atoms with Crippen molar-refractivity contribution in [2.24, 2.45) is 5.73 Å². The molecule has 4 heteroatoms. The van der Waals surface area contributed by atoms with E-state index in [4.69, 9.17) is 5.73 Å². The Hall–Kier alpha value is -0.770. The normalized spacial score (nSPS) is 17.2. The number of nitrogens with two attached hydrogens (primary N) is 1. The van der Waals surface area contributed by atoms with Crippen LogP contribution in [0.25, 0.3) is 0 Å². The summed E-state index contributed by atoms with van der Waals surface area (Å²) in [6.07, 6.45) is 3.28. The van der Waals surface area contributed by atoms with Gasteiger partial charge in [-0.25, -0.2) is 4.79 Å². The van der Waals surface area contributed by atoms with Crippen LogP contribution in [0.5, 0.6) is 0 Å². The van der Waals surface area contributed by atoms with Crippen LogP contribution >= 0.6 is 0 Å². The first kappa shape index (κ1) is 10.3. The summed E-state index contributed by atoms with van der Waals surface area (Å²) in [5, 5.41) is 0. The SMILES string of the molecule is CN1CCN(CCCCCN)C1=O. The minimum atomic E-state index is 0.174. The van der Waals surface area contributed by atoms with Gasteiger partial charge in [0.2, 0.25) is 0 Å². The van der Waals surface area contributed by atoms with E-state index < -0.39 is 0 Å². The van der Waals surface area contributed by atoms with Crippen molar-refractivity contribution in [2.75, 3.05) is 33.2 Å². The topological polar surface area (TPSA) is 49.6 Å². The van der Waals surface area contributed by atoms with Crippen molar-refractivity contribution in [1.29, 1.82) is 0 Å². The Morgan fingerprint density at radius 3 is 2.62 bits per heavy atom. The Morgan fingerprint density at radius 1 is 1.31 bits per heavy atom. The molecule has 1 aliphatic heterocycles. The third kappa shape index (κ3) is 2.88. The maximum Gasteiger partial charge on any atom is 0.319 e. The molecule has 1 rings (SSSR count). The highest BCUT2D eigenvalue weighted by Gasteiger charge is 2.23. The molecule has 1 saturated heterocycles. The average Bonchev–Trinajstić information content (AvgIpc) is 2.43. The number of hydrogen-bond acceptors (Lipinski definition) is 2. The van der Waals surface area contributed by atoms with Crippen LogP contribution in [0.4, 0.5) is 4.79 Å². The molecular formula is C9H19N3O. The van der Waals surface area contributed by atoms with Crippen molar-refractivity contribution < 1.29 is 4.79 Å². The molecule has 1 heterocycles. The molecule has 0 atom stereocenters. The van der Waals surface area contributed by atoms with Gasteiger partial charge in [0, 0.05) is 26.7 Å². The molecule has 0 aromatic heterocycles. The third-order valence-electron chi connectivity index (χ3n) is 2.43. The molecule has 0 bridgehead atoms. The van der Waals surface area contributed by atoms with Gasteiger partial charge in [-0.1, -0.05) is 6.42 Å². The summed E-state index contributed by atoms with van der Waals surface area (Å²) in [7, 11) is 1.85. The van der Waals surface area contributed by atoms with Gasteiger partial charge in [0.25, 0.3) is 0 Å². The van der Waals surface area contributed by atoms with Crippen molar-refractivity contribution in [3.8, 4) is 0 Å². The van der Waals surface area contributed by atoms with E-state index in [1.807, 2.05) is 11.9 Å². The van der Waals surface area contributed by atoms with Crippen molar-refractivity contribution >= 4 is 6.03 Å². The van der Waals surface area contributed by atoms with Crippen molar-refractivity contribution in [3.05, 3.63) is 0 Å². The van der Waals surface area contributed by atoms with E-state index in [1.165, 1.54) is 0 Å². The minimum absolute atomic E-state index is 0.174. The van der Waals surface area contributed by atoms with E-state index in [9.17, 15) is 4.79 Å². The molecule has 0 radical (unpaired) electrons. The largest absolute Gasteiger partial charge is 0.330 e. The van der Waals surface area contributed by atoms with Crippen LogP contribution in [0.3, 0.4) is 0 Å². The maximum absolute atomic E-state index is 11.4. The van der Waals surface area contributed by atoms with Crippen LogP contribution in [-0.4, -0.2) is 49.1 Å². The number of likely N-dealkylation sites (N-methyl/N-ethyl adjacent to an activating group) is 1. The summed E-state index contributed by atoms with van der Waals surface area (Å²) in [4.78, 5) is 15.1. The molecule has 2 amide bonds. The smallest absolute Gasteiger partial charge is 0.319 e. The quantitative estimate of drug-likeness (QED) is 0.633. The summed E-state index contributed by atoms with van der Waals surface area (Å²) in [6, 6.07) is 0.174. The number of nitrogens with zero attached hydrogens (tertiary/aromatic N) is 2. The second-order valence-corrected chi connectivity index (χ2v) is 3.54. The lowest BCUT2D eigenvalue weighted by Crippen LogP contribution is -2.30. The van der Waals surface area contributed by atoms with Gasteiger partial charge >= 0.3 is 6.03 Å². The van der Waals surface area contributed by atoms with Crippen molar-refractivity contribution in [2.45, 2.75) is 19.3 Å². The molecular weight excluding hydrogens is 166 g/mol. The lowest BCUT2D eigenvalue weighted by molar-refractivity contribution is 0.198. The summed E-state index contributed by atoms with van der Waals surface area (Å²) >= 11 is 0. The number of urea groups is 1. The van der Waals surface area contributed by atoms with Gasteiger partial charge in [0.15, 0.2) is 0 Å². The molecule has 76 valence electrons. The zero-order chi connectivity index (χ0) is 9.68. The zero-order valence-corrected chi connectivity index (χ0v) is 8.33. The second kappa shape index (κ2) is 5.07. The molecule has 0 aliphatic carbocycles. The summed E-state index contributed by atoms with van der Waals surface area (Å²) in [6.45, 7) is 3.41. The molecule has 4 nitrogen and oxygen atoms in total. The Labute approximate surface area is 79.7 Å². The number of hydrogen-bond donors (Lipinski definition) is 1. The van der Waals surface area contributed by atoms with E-state index in [1.54, 1.807) is 4.90 Å². The maximum atomic E-state index is 11.4. The first-order valence-corrected chi connectivity index (χ1v) is 4.96. The van der Waals surface area contributed by atoms with Crippen LogP contribution in [0.2, 0.25) is 0 Å². The van der Waals surface area contributed by atoms with Gasteiger partial charge in [-0.2, -0.15) is 0 Å². The molecule has 0 saturated carbocycles. The molecule has 1 aliphatic rings. The fourth-order valence-electron chi connectivity index (χ4n) is 1.53. The Kier molecular flexibility index (Phi) is 4.02. The molecule has 0 aromatic carbocycles. The van der Waals surface area contributed by atoms with Crippen LogP contribution in [0, 0.1) is 0 Å². The van der Waals surface area contributed by atoms with E-state index in [0.717, 1.165) is 45.4 Å². The van der Waals surface area contributed by atoms with Gasteiger partial charge in [-0.3, -0.25) is 0 Å². The zero-order valence-electron chi connectivity index (χ0n) is 8.33. The Bertz CT molecular complexity index is 172. The first-order chi connectivity index (χ1) is 6.25. The molecule has 0 unspecified atom stereocenters. The van der Waals surface area contributed by atoms with E-state index in [0.29, 0.717) is 0 Å². The van der Waals surface area contributed by atoms with E-state index in [2.05, 4.69) is 0 Å². The Balaban J connectivity index is 2.12.